The maximum Gasteiger partial charge on any atom is 0.320 e. The Bertz CT molecular complexity index is 1140. The molecule has 0 bridgehead atoms. The molecule has 1 heterocycles. The highest BCUT2D eigenvalue weighted by Crippen LogP contribution is 2.25. The maximum atomic E-state index is 12.8. The predicted molar refractivity (Wildman–Crippen MR) is 116 cm³/mol. The molecule has 0 aliphatic rings. The van der Waals surface area contributed by atoms with Gasteiger partial charge in [0.05, 0.1) is 0 Å². The molecule has 6 nitrogen and oxygen atoms in total. The lowest BCUT2D eigenvalue weighted by Gasteiger charge is -2.17. The zero-order chi connectivity index (χ0) is 20.9. The van der Waals surface area contributed by atoms with Gasteiger partial charge in [0.1, 0.15) is 6.04 Å². The number of carbonyl (C=O) groups excluding carboxylic acids is 1. The van der Waals surface area contributed by atoms with Crippen molar-refractivity contribution in [3.8, 4) is 11.5 Å². The number of nitrogens with zero attached hydrogens (tertiary/aromatic N) is 2. The van der Waals surface area contributed by atoms with Crippen molar-refractivity contribution in [3.63, 3.8) is 0 Å². The third kappa shape index (κ3) is 4.22. The number of hydrogen-bond donors (Lipinski definition) is 2. The predicted octanol–water partition coefficient (Wildman–Crippen LogP) is 5.26. The summed E-state index contributed by atoms with van der Waals surface area (Å²) in [6.45, 7) is 3.98. The summed E-state index contributed by atoms with van der Waals surface area (Å²) in [5, 5.41) is 14.2. The topological polar surface area (TPSA) is 80.0 Å². The zero-order valence-electron chi connectivity index (χ0n) is 16.8. The van der Waals surface area contributed by atoms with E-state index >= 15 is 0 Å². The molecule has 4 rings (SSSR count). The minimum absolute atomic E-state index is 0.316. The van der Waals surface area contributed by atoms with Crippen molar-refractivity contribution < 1.29 is 9.21 Å². The number of rotatable bonds is 5. The van der Waals surface area contributed by atoms with Crippen molar-refractivity contribution in [3.05, 3.63) is 101 Å². The highest BCUT2D eigenvalue weighted by molar-refractivity contribution is 5.90. The number of anilines is 1. The average Bonchev–Trinajstić information content (AvgIpc) is 3.26. The van der Waals surface area contributed by atoms with Crippen LogP contribution < -0.4 is 10.6 Å². The molecule has 0 unspecified atom stereocenters. The van der Waals surface area contributed by atoms with Crippen molar-refractivity contribution in [2.45, 2.75) is 19.9 Å². The summed E-state index contributed by atoms with van der Waals surface area (Å²) in [7, 11) is 0. The van der Waals surface area contributed by atoms with Gasteiger partial charge in [0.2, 0.25) is 11.8 Å². The van der Waals surface area contributed by atoms with Gasteiger partial charge in [-0.1, -0.05) is 60.7 Å². The van der Waals surface area contributed by atoms with Crippen LogP contribution in [0.2, 0.25) is 0 Å². The van der Waals surface area contributed by atoms with E-state index in [1.54, 1.807) is 0 Å². The van der Waals surface area contributed by atoms with Crippen LogP contribution in [0.15, 0.2) is 83.3 Å². The number of aryl methyl sites for hydroxylation is 1. The molecule has 0 aliphatic heterocycles. The molecule has 0 saturated carbocycles. The monoisotopic (exact) mass is 398 g/mol. The van der Waals surface area contributed by atoms with Gasteiger partial charge in [0.25, 0.3) is 0 Å². The van der Waals surface area contributed by atoms with Gasteiger partial charge < -0.3 is 15.1 Å². The molecule has 0 spiro atoms. The van der Waals surface area contributed by atoms with E-state index in [-0.39, 0.29) is 6.03 Å². The van der Waals surface area contributed by atoms with Gasteiger partial charge in [-0.3, -0.25) is 0 Å². The molecular weight excluding hydrogens is 376 g/mol. The molecule has 0 saturated heterocycles. The van der Waals surface area contributed by atoms with Crippen LogP contribution in [0.1, 0.15) is 28.6 Å². The van der Waals surface area contributed by atoms with Crippen LogP contribution in [0.25, 0.3) is 11.5 Å². The Hall–Kier alpha value is -3.93. The normalized spacial score (nSPS) is 11.7. The first-order chi connectivity index (χ1) is 14.6. The second-order valence-electron chi connectivity index (χ2n) is 7.00. The first kappa shape index (κ1) is 19.4. The second-order valence-corrected chi connectivity index (χ2v) is 7.00. The van der Waals surface area contributed by atoms with Gasteiger partial charge in [-0.2, -0.15) is 0 Å². The molecule has 30 heavy (non-hydrogen) atoms. The van der Waals surface area contributed by atoms with Gasteiger partial charge >= 0.3 is 6.03 Å². The number of urea groups is 1. The number of hydrogen-bond acceptors (Lipinski definition) is 4. The number of carbonyl (C=O) groups is 1. The molecule has 3 aromatic carbocycles. The van der Waals surface area contributed by atoms with Gasteiger partial charge in [0.15, 0.2) is 0 Å². The van der Waals surface area contributed by atoms with Crippen LogP contribution in [0.5, 0.6) is 0 Å². The maximum absolute atomic E-state index is 12.8. The quantitative estimate of drug-likeness (QED) is 0.480. The molecule has 150 valence electrons. The Labute approximate surface area is 175 Å². The summed E-state index contributed by atoms with van der Waals surface area (Å²) in [6.07, 6.45) is 0. The van der Waals surface area contributed by atoms with Gasteiger partial charge in [-0.15, -0.1) is 10.2 Å². The summed E-state index contributed by atoms with van der Waals surface area (Å²) >= 11 is 0. The van der Waals surface area contributed by atoms with E-state index in [0.717, 1.165) is 27.9 Å². The lowest BCUT2D eigenvalue weighted by atomic mass is 10.1. The van der Waals surface area contributed by atoms with Crippen molar-refractivity contribution in [1.82, 2.24) is 15.5 Å². The summed E-state index contributed by atoms with van der Waals surface area (Å²) < 4.78 is 5.92. The molecule has 2 N–H and O–H groups in total. The summed E-state index contributed by atoms with van der Waals surface area (Å²) in [4.78, 5) is 12.8. The van der Waals surface area contributed by atoms with E-state index in [2.05, 4.69) is 20.8 Å². The van der Waals surface area contributed by atoms with E-state index in [1.165, 1.54) is 0 Å². The van der Waals surface area contributed by atoms with Crippen LogP contribution in [0.4, 0.5) is 10.5 Å². The van der Waals surface area contributed by atoms with E-state index in [1.807, 2.05) is 92.7 Å². The smallest absolute Gasteiger partial charge is 0.320 e. The Kier molecular flexibility index (Phi) is 5.57. The third-order valence-corrected chi connectivity index (χ3v) is 4.97. The molecular formula is C24H22N4O2. The third-order valence-electron chi connectivity index (χ3n) is 4.97. The first-order valence-corrected chi connectivity index (χ1v) is 9.69. The Balaban J connectivity index is 1.61. The Morgan fingerprint density at radius 1 is 0.867 bits per heavy atom. The van der Waals surface area contributed by atoms with E-state index in [4.69, 9.17) is 4.42 Å². The van der Waals surface area contributed by atoms with E-state index < -0.39 is 6.04 Å². The lowest BCUT2D eigenvalue weighted by molar-refractivity contribution is 0.248. The SMILES string of the molecule is Cc1cccc(NC(=O)N[C@H](c2ccccc2)c2nnc(-c3ccccc3)o2)c1C. The molecule has 2 amide bonds. The number of nitrogens with one attached hydrogen (secondary N) is 2. The largest absolute Gasteiger partial charge is 0.418 e. The Morgan fingerprint density at radius 2 is 1.57 bits per heavy atom. The molecule has 6 heteroatoms. The molecule has 0 radical (unpaired) electrons. The average molecular weight is 398 g/mol. The van der Waals surface area contributed by atoms with Gasteiger partial charge in [-0.05, 0) is 48.7 Å². The van der Waals surface area contributed by atoms with Crippen LogP contribution in [-0.2, 0) is 0 Å². The van der Waals surface area contributed by atoms with Crippen molar-refractivity contribution in [1.29, 1.82) is 0 Å². The Morgan fingerprint density at radius 3 is 2.30 bits per heavy atom. The molecule has 4 aromatic rings. The summed E-state index contributed by atoms with van der Waals surface area (Å²) in [5.74, 6) is 0.722. The highest BCUT2D eigenvalue weighted by atomic mass is 16.4. The second kappa shape index (κ2) is 8.61. The molecule has 1 aromatic heterocycles. The lowest BCUT2D eigenvalue weighted by Crippen LogP contribution is -2.33. The minimum atomic E-state index is -0.582. The van der Waals surface area contributed by atoms with Crippen molar-refractivity contribution in [2.75, 3.05) is 5.32 Å². The minimum Gasteiger partial charge on any atom is -0.418 e. The van der Waals surface area contributed by atoms with Crippen molar-refractivity contribution >= 4 is 11.7 Å². The van der Waals surface area contributed by atoms with Crippen LogP contribution >= 0.6 is 0 Å². The van der Waals surface area contributed by atoms with Gasteiger partial charge in [-0.25, -0.2) is 4.79 Å². The summed E-state index contributed by atoms with van der Waals surface area (Å²) in [5.41, 5.74) is 4.56. The number of amides is 2. The number of benzene rings is 3. The first-order valence-electron chi connectivity index (χ1n) is 9.69. The fourth-order valence-electron chi connectivity index (χ4n) is 3.16. The fraction of sp³-hybridized carbons (Fsp3) is 0.125. The molecule has 1 atom stereocenters. The highest BCUT2D eigenvalue weighted by Gasteiger charge is 2.23. The molecule has 0 aliphatic carbocycles. The van der Waals surface area contributed by atoms with Crippen molar-refractivity contribution in [2.24, 2.45) is 0 Å². The van der Waals surface area contributed by atoms with Crippen LogP contribution in [-0.4, -0.2) is 16.2 Å². The van der Waals surface area contributed by atoms with Crippen LogP contribution in [0.3, 0.4) is 0 Å². The van der Waals surface area contributed by atoms with E-state index in [0.29, 0.717) is 11.8 Å². The number of aromatic nitrogens is 2. The standard InChI is InChI=1S/C24H22N4O2/c1-16-10-9-15-20(17(16)2)25-24(29)26-21(18-11-5-3-6-12-18)23-28-27-22(30-23)19-13-7-4-8-14-19/h3-15,21H,1-2H3,(H2,25,26,29)/t21-/m1/s1. The summed E-state index contributed by atoms with van der Waals surface area (Å²) in [6, 6.07) is 23.9. The van der Waals surface area contributed by atoms with E-state index in [9.17, 15) is 4.79 Å². The van der Waals surface area contributed by atoms with Gasteiger partial charge in [0, 0.05) is 11.3 Å². The zero-order valence-corrected chi connectivity index (χ0v) is 16.8. The molecule has 0 fully saturated rings. The van der Waals surface area contributed by atoms with Crippen LogP contribution in [0, 0.1) is 13.8 Å². The fourth-order valence-corrected chi connectivity index (χ4v) is 3.16.